The van der Waals surface area contributed by atoms with E-state index in [0.717, 1.165) is 40.9 Å². The molecule has 0 fully saturated rings. The molecule has 24 heavy (non-hydrogen) atoms. The Labute approximate surface area is 151 Å². The van der Waals surface area contributed by atoms with Crippen LogP contribution in [0.1, 0.15) is 37.6 Å². The Morgan fingerprint density at radius 1 is 1.38 bits per heavy atom. The van der Waals surface area contributed by atoms with Crippen LogP contribution in [0.4, 0.5) is 5.82 Å². The lowest BCUT2D eigenvalue weighted by Gasteiger charge is -2.33. The third-order valence-electron chi connectivity index (χ3n) is 4.44. The van der Waals surface area contributed by atoms with Gasteiger partial charge < -0.3 is 14.8 Å². The Balaban J connectivity index is 2.06. The monoisotopic (exact) mass is 367 g/mol. The fraction of sp³-hybridized carbons (Fsp3) is 0.647. The minimum atomic E-state index is -0.0956. The van der Waals surface area contributed by atoms with E-state index in [-0.39, 0.29) is 5.60 Å². The summed E-state index contributed by atoms with van der Waals surface area (Å²) in [7, 11) is 1.71. The molecule has 0 bridgehead atoms. The molecule has 0 saturated carbocycles. The van der Waals surface area contributed by atoms with Gasteiger partial charge in [-0.25, -0.2) is 9.97 Å². The highest BCUT2D eigenvalue weighted by Crippen LogP contribution is 2.42. The molecule has 5 nitrogen and oxygen atoms in total. The molecule has 2 aromatic rings. The largest absolute Gasteiger partial charge is 0.383 e. The van der Waals surface area contributed by atoms with Crippen molar-refractivity contribution < 1.29 is 9.47 Å². The number of nitrogens with one attached hydrogen (secondary N) is 1. The summed E-state index contributed by atoms with van der Waals surface area (Å²) in [5.41, 5.74) is 1.26. The fourth-order valence-corrected chi connectivity index (χ4v) is 4.60. The Kier molecular flexibility index (Phi) is 5.64. The van der Waals surface area contributed by atoms with Crippen molar-refractivity contribution >= 4 is 39.1 Å². The molecule has 132 valence electrons. The maximum Gasteiger partial charge on any atom is 0.190 e. The van der Waals surface area contributed by atoms with E-state index in [2.05, 4.69) is 26.1 Å². The fourth-order valence-electron chi connectivity index (χ4n) is 2.87. The maximum absolute atomic E-state index is 6.10. The SMILES string of the molecule is CCSc1nc(NCCOC)c2c3c(sc2n1)CO[C@](C)(CC)C3. The highest BCUT2D eigenvalue weighted by atomic mass is 32.2. The van der Waals surface area contributed by atoms with Gasteiger partial charge in [0.2, 0.25) is 0 Å². The predicted molar refractivity (Wildman–Crippen MR) is 101 cm³/mol. The minimum absolute atomic E-state index is 0.0956. The smallest absolute Gasteiger partial charge is 0.190 e. The first-order valence-corrected chi connectivity index (χ1v) is 10.2. The number of thioether (sulfide) groups is 1. The van der Waals surface area contributed by atoms with Crippen LogP contribution in [0, 0.1) is 0 Å². The summed E-state index contributed by atoms with van der Waals surface area (Å²) in [6, 6.07) is 0. The highest BCUT2D eigenvalue weighted by Gasteiger charge is 2.33. The lowest BCUT2D eigenvalue weighted by Crippen LogP contribution is -2.34. The van der Waals surface area contributed by atoms with Crippen molar-refractivity contribution in [1.82, 2.24) is 9.97 Å². The van der Waals surface area contributed by atoms with Gasteiger partial charge >= 0.3 is 0 Å². The van der Waals surface area contributed by atoms with E-state index in [1.807, 2.05) is 0 Å². The van der Waals surface area contributed by atoms with Crippen molar-refractivity contribution in [2.75, 3.05) is 31.3 Å². The van der Waals surface area contributed by atoms with Gasteiger partial charge in [-0.2, -0.15) is 0 Å². The highest BCUT2D eigenvalue weighted by molar-refractivity contribution is 7.99. The molecule has 1 atom stereocenters. The quantitative estimate of drug-likeness (QED) is 0.452. The number of nitrogens with zero attached hydrogens (tertiary/aromatic N) is 2. The van der Waals surface area contributed by atoms with Crippen molar-refractivity contribution in [3.63, 3.8) is 0 Å². The Morgan fingerprint density at radius 3 is 2.92 bits per heavy atom. The van der Waals surface area contributed by atoms with Gasteiger partial charge in [-0.05, 0) is 24.7 Å². The van der Waals surface area contributed by atoms with E-state index in [9.17, 15) is 0 Å². The average Bonchev–Trinajstić information content (AvgIpc) is 2.93. The number of hydrogen-bond donors (Lipinski definition) is 1. The van der Waals surface area contributed by atoms with E-state index >= 15 is 0 Å². The summed E-state index contributed by atoms with van der Waals surface area (Å²) in [6.07, 6.45) is 1.92. The summed E-state index contributed by atoms with van der Waals surface area (Å²) >= 11 is 3.42. The van der Waals surface area contributed by atoms with Gasteiger partial charge in [0.25, 0.3) is 0 Å². The molecule has 0 saturated heterocycles. The van der Waals surface area contributed by atoms with Crippen LogP contribution in [-0.4, -0.2) is 41.6 Å². The van der Waals surface area contributed by atoms with E-state index in [4.69, 9.17) is 19.4 Å². The van der Waals surface area contributed by atoms with Gasteiger partial charge in [0.1, 0.15) is 10.6 Å². The molecule has 7 heteroatoms. The zero-order valence-electron chi connectivity index (χ0n) is 14.8. The summed E-state index contributed by atoms with van der Waals surface area (Å²) in [5.74, 6) is 1.90. The van der Waals surface area contributed by atoms with Crippen LogP contribution in [0.15, 0.2) is 5.16 Å². The van der Waals surface area contributed by atoms with Gasteiger partial charge in [0.05, 0.1) is 24.2 Å². The molecule has 0 unspecified atom stereocenters. The van der Waals surface area contributed by atoms with Crippen LogP contribution in [0.5, 0.6) is 0 Å². The Bertz CT molecular complexity index is 719. The van der Waals surface area contributed by atoms with E-state index in [1.165, 1.54) is 15.8 Å². The standard InChI is InChI=1S/C17H25N3O2S2/c1-5-17(3)9-11-12(10-22-17)24-15-13(11)14(18-7-8-21-4)19-16(20-15)23-6-2/h5-10H2,1-4H3,(H,18,19,20)/t17-/m1/s1. The zero-order valence-corrected chi connectivity index (χ0v) is 16.4. The second-order valence-corrected chi connectivity index (χ2v) is 8.48. The molecule has 1 N–H and O–H groups in total. The average molecular weight is 368 g/mol. The van der Waals surface area contributed by atoms with Crippen LogP contribution >= 0.6 is 23.1 Å². The van der Waals surface area contributed by atoms with Crippen LogP contribution < -0.4 is 5.32 Å². The van der Waals surface area contributed by atoms with Gasteiger partial charge in [0.15, 0.2) is 5.16 Å². The third-order valence-corrected chi connectivity index (χ3v) is 6.26. The summed E-state index contributed by atoms with van der Waals surface area (Å²) in [6.45, 7) is 8.57. The first-order chi connectivity index (χ1) is 11.6. The molecule has 0 radical (unpaired) electrons. The number of thiophene rings is 1. The normalized spacial score (nSPS) is 20.3. The van der Waals surface area contributed by atoms with E-state index in [0.29, 0.717) is 13.2 Å². The van der Waals surface area contributed by atoms with Gasteiger partial charge in [-0.3, -0.25) is 0 Å². The second kappa shape index (κ2) is 7.56. The molecule has 0 aliphatic carbocycles. The van der Waals surface area contributed by atoms with Gasteiger partial charge in [-0.1, -0.05) is 25.6 Å². The molecule has 2 aromatic heterocycles. The predicted octanol–water partition coefficient (Wildman–Crippen LogP) is 4.10. The maximum atomic E-state index is 6.10. The minimum Gasteiger partial charge on any atom is -0.383 e. The number of ether oxygens (including phenoxy) is 2. The molecule has 3 rings (SSSR count). The molecular formula is C17H25N3O2S2. The zero-order chi connectivity index (χ0) is 17.2. The lowest BCUT2D eigenvalue weighted by atomic mass is 9.90. The first-order valence-electron chi connectivity index (χ1n) is 8.42. The summed E-state index contributed by atoms with van der Waals surface area (Å²) < 4.78 is 11.3. The lowest BCUT2D eigenvalue weighted by molar-refractivity contribution is -0.0542. The van der Waals surface area contributed by atoms with Crippen molar-refractivity contribution in [3.8, 4) is 0 Å². The Hall–Kier alpha value is -0.890. The van der Waals surface area contributed by atoms with E-state index < -0.39 is 0 Å². The van der Waals surface area contributed by atoms with Crippen LogP contribution in [-0.2, 0) is 22.5 Å². The van der Waals surface area contributed by atoms with Crippen molar-refractivity contribution in [3.05, 3.63) is 10.4 Å². The van der Waals surface area contributed by atoms with Crippen molar-refractivity contribution in [2.24, 2.45) is 0 Å². The van der Waals surface area contributed by atoms with E-state index in [1.54, 1.807) is 30.2 Å². The van der Waals surface area contributed by atoms with Crippen LogP contribution in [0.3, 0.4) is 0 Å². The molecule has 3 heterocycles. The molecule has 0 amide bonds. The molecular weight excluding hydrogens is 342 g/mol. The first kappa shape index (κ1) is 17.9. The number of hydrogen-bond acceptors (Lipinski definition) is 7. The topological polar surface area (TPSA) is 56.3 Å². The Morgan fingerprint density at radius 2 is 2.21 bits per heavy atom. The third kappa shape index (κ3) is 3.54. The van der Waals surface area contributed by atoms with Crippen LogP contribution in [0.2, 0.25) is 0 Å². The van der Waals surface area contributed by atoms with Crippen molar-refractivity contribution in [2.45, 2.75) is 51.0 Å². The number of aromatic nitrogens is 2. The van der Waals surface area contributed by atoms with Crippen molar-refractivity contribution in [1.29, 1.82) is 0 Å². The summed E-state index contributed by atoms with van der Waals surface area (Å²) in [4.78, 5) is 11.9. The number of fused-ring (bicyclic) bond motifs is 3. The van der Waals surface area contributed by atoms with Gasteiger partial charge in [-0.15, -0.1) is 11.3 Å². The molecule has 0 aromatic carbocycles. The molecule has 1 aliphatic heterocycles. The molecule has 1 aliphatic rings. The summed E-state index contributed by atoms with van der Waals surface area (Å²) in [5, 5.41) is 5.46. The second-order valence-electron chi connectivity index (χ2n) is 6.16. The number of rotatable bonds is 7. The number of anilines is 1. The molecule has 0 spiro atoms. The van der Waals surface area contributed by atoms with Crippen LogP contribution in [0.25, 0.3) is 10.2 Å². The van der Waals surface area contributed by atoms with Gasteiger partial charge in [0, 0.05) is 25.0 Å². The number of methoxy groups -OCH3 is 1.